The molecule has 6 nitrogen and oxygen atoms in total. The maximum atomic E-state index is 12.9. The number of carbonyl (C=O) groups is 1. The van der Waals surface area contributed by atoms with E-state index in [1.54, 1.807) is 47.3 Å². The second-order valence-corrected chi connectivity index (χ2v) is 7.68. The Morgan fingerprint density at radius 1 is 1.18 bits per heavy atom. The van der Waals surface area contributed by atoms with Crippen LogP contribution in [0.2, 0.25) is 10.0 Å². The van der Waals surface area contributed by atoms with E-state index in [2.05, 4.69) is 10.4 Å². The molecule has 0 atom stereocenters. The maximum absolute atomic E-state index is 12.9. The van der Waals surface area contributed by atoms with Gasteiger partial charge < -0.3 is 14.6 Å². The quantitative estimate of drug-likeness (QED) is 0.645. The van der Waals surface area contributed by atoms with Crippen molar-refractivity contribution in [1.82, 2.24) is 15.1 Å². The lowest BCUT2D eigenvalue weighted by Crippen LogP contribution is -3.10. The average Bonchev–Trinajstić information content (AvgIpc) is 3.44. The summed E-state index contributed by atoms with van der Waals surface area (Å²) >= 11 is 12.2. The second kappa shape index (κ2) is 8.39. The Morgan fingerprint density at radius 2 is 2.00 bits per heavy atom. The first-order valence-corrected chi connectivity index (χ1v) is 10.1. The lowest BCUT2D eigenvalue weighted by Gasteiger charge is -2.13. The van der Waals surface area contributed by atoms with Gasteiger partial charge >= 0.3 is 0 Å². The van der Waals surface area contributed by atoms with Gasteiger partial charge in [-0.2, -0.15) is 5.10 Å². The number of hydrogen-bond acceptors (Lipinski definition) is 3. The second-order valence-electron chi connectivity index (χ2n) is 6.87. The number of benzene rings is 1. The van der Waals surface area contributed by atoms with E-state index in [0.717, 1.165) is 6.54 Å². The number of amides is 1. The molecule has 1 amide bonds. The Balaban J connectivity index is 1.60. The molecule has 3 aromatic rings. The smallest absolute Gasteiger partial charge is 0.270 e. The molecular formula is C20H21Cl2N4O2+. The summed E-state index contributed by atoms with van der Waals surface area (Å²) in [4.78, 5) is 14.4. The highest BCUT2D eigenvalue weighted by molar-refractivity contribution is 6.42. The first-order chi connectivity index (χ1) is 13.6. The molecule has 1 saturated heterocycles. The molecule has 1 fully saturated rings. The number of furan rings is 1. The zero-order chi connectivity index (χ0) is 19.5. The minimum absolute atomic E-state index is 0.185. The van der Waals surface area contributed by atoms with Crippen LogP contribution in [0.15, 0.2) is 47.1 Å². The topological polar surface area (TPSA) is 64.5 Å². The van der Waals surface area contributed by atoms with Gasteiger partial charge in [0.1, 0.15) is 11.4 Å². The molecule has 2 aromatic heterocycles. The average molecular weight is 420 g/mol. The number of quaternary nitrogens is 1. The van der Waals surface area contributed by atoms with E-state index in [-0.39, 0.29) is 5.91 Å². The molecule has 28 heavy (non-hydrogen) atoms. The molecule has 2 N–H and O–H groups in total. The van der Waals surface area contributed by atoms with Crippen molar-refractivity contribution in [1.29, 1.82) is 0 Å². The molecule has 8 heteroatoms. The lowest BCUT2D eigenvalue weighted by molar-refractivity contribution is -0.886. The highest BCUT2D eigenvalue weighted by Crippen LogP contribution is 2.27. The molecule has 0 unspecified atom stereocenters. The third-order valence-corrected chi connectivity index (χ3v) is 5.68. The van der Waals surface area contributed by atoms with Crippen LogP contribution >= 0.6 is 23.2 Å². The van der Waals surface area contributed by atoms with Crippen LogP contribution in [-0.2, 0) is 0 Å². The molecular weight excluding hydrogens is 399 g/mol. The van der Waals surface area contributed by atoms with Gasteiger partial charge in [0.25, 0.3) is 5.91 Å². The van der Waals surface area contributed by atoms with Gasteiger partial charge in [-0.1, -0.05) is 23.2 Å². The minimum atomic E-state index is -0.185. The third-order valence-electron chi connectivity index (χ3n) is 4.94. The number of halogens is 2. The predicted molar refractivity (Wildman–Crippen MR) is 108 cm³/mol. The van der Waals surface area contributed by atoms with Crippen molar-refractivity contribution in [2.45, 2.75) is 12.8 Å². The molecule has 0 saturated carbocycles. The van der Waals surface area contributed by atoms with Gasteiger partial charge in [-0.3, -0.25) is 4.79 Å². The highest BCUT2D eigenvalue weighted by atomic mass is 35.5. The van der Waals surface area contributed by atoms with Gasteiger partial charge in [0.2, 0.25) is 0 Å². The molecule has 3 heterocycles. The van der Waals surface area contributed by atoms with Crippen molar-refractivity contribution in [3.63, 3.8) is 0 Å². The molecule has 1 aliphatic rings. The predicted octanol–water partition coefficient (Wildman–Crippen LogP) is 2.85. The molecule has 0 radical (unpaired) electrons. The van der Waals surface area contributed by atoms with Gasteiger partial charge in [-0.15, -0.1) is 0 Å². The summed E-state index contributed by atoms with van der Waals surface area (Å²) in [5.74, 6) is 0.407. The summed E-state index contributed by atoms with van der Waals surface area (Å²) in [6, 6.07) is 10.5. The molecule has 146 valence electrons. The number of nitrogens with zero attached hydrogens (tertiary/aromatic N) is 2. The Kier molecular flexibility index (Phi) is 5.71. The molecule has 0 spiro atoms. The summed E-state index contributed by atoms with van der Waals surface area (Å²) in [7, 11) is 0. The highest BCUT2D eigenvalue weighted by Gasteiger charge is 2.20. The Morgan fingerprint density at radius 3 is 2.71 bits per heavy atom. The van der Waals surface area contributed by atoms with E-state index in [1.165, 1.54) is 30.8 Å². The van der Waals surface area contributed by atoms with Gasteiger partial charge in [-0.25, -0.2) is 4.68 Å². The van der Waals surface area contributed by atoms with E-state index in [9.17, 15) is 4.79 Å². The Labute approximate surface area is 173 Å². The molecule has 0 bridgehead atoms. The third kappa shape index (κ3) is 4.09. The summed E-state index contributed by atoms with van der Waals surface area (Å²) in [6.45, 7) is 3.91. The number of aromatic nitrogens is 2. The van der Waals surface area contributed by atoms with Crippen molar-refractivity contribution in [3.05, 3.63) is 58.4 Å². The number of nitrogens with one attached hydrogen (secondary N) is 2. The normalized spacial score (nSPS) is 14.5. The molecule has 0 aliphatic carbocycles. The summed E-state index contributed by atoms with van der Waals surface area (Å²) in [6.07, 6.45) is 4.10. The van der Waals surface area contributed by atoms with Gasteiger partial charge in [0, 0.05) is 18.9 Å². The molecule has 1 aliphatic heterocycles. The first kappa shape index (κ1) is 19.1. The van der Waals surface area contributed by atoms with Crippen LogP contribution < -0.4 is 10.2 Å². The van der Waals surface area contributed by atoms with Crippen molar-refractivity contribution >= 4 is 29.1 Å². The Bertz CT molecular complexity index is 963. The van der Waals surface area contributed by atoms with Gasteiger partial charge in [0.05, 0.1) is 48.2 Å². The van der Waals surface area contributed by atoms with Crippen molar-refractivity contribution < 1.29 is 14.1 Å². The SMILES string of the molecule is O=C(NCC[NH+]1CCCC1)c1cc(-c2ccco2)nn1-c1ccc(Cl)c(Cl)c1. The number of rotatable bonds is 6. The largest absolute Gasteiger partial charge is 0.463 e. The summed E-state index contributed by atoms with van der Waals surface area (Å²) in [5.41, 5.74) is 1.65. The minimum Gasteiger partial charge on any atom is -0.463 e. The zero-order valence-electron chi connectivity index (χ0n) is 15.3. The molecule has 1 aromatic carbocycles. The fraction of sp³-hybridized carbons (Fsp3) is 0.300. The standard InChI is InChI=1S/C20H20Cl2N4O2/c21-15-6-5-14(12-16(15)22)26-18(13-17(24-26)19-4-3-11-28-19)20(27)23-7-10-25-8-1-2-9-25/h3-6,11-13H,1-2,7-10H2,(H,23,27)/p+1. The fourth-order valence-corrected chi connectivity index (χ4v) is 3.76. The summed E-state index contributed by atoms with van der Waals surface area (Å²) in [5, 5.41) is 8.41. The number of carbonyl (C=O) groups excluding carboxylic acids is 1. The van der Waals surface area contributed by atoms with E-state index in [4.69, 9.17) is 27.6 Å². The van der Waals surface area contributed by atoms with Crippen LogP contribution in [0.3, 0.4) is 0 Å². The van der Waals surface area contributed by atoms with Crippen LogP contribution in [0, 0.1) is 0 Å². The van der Waals surface area contributed by atoms with Crippen molar-refractivity contribution in [2.24, 2.45) is 0 Å². The van der Waals surface area contributed by atoms with Crippen LogP contribution in [0.1, 0.15) is 23.3 Å². The lowest BCUT2D eigenvalue weighted by atomic mass is 10.2. The van der Waals surface area contributed by atoms with E-state index in [1.807, 2.05) is 0 Å². The van der Waals surface area contributed by atoms with E-state index in [0.29, 0.717) is 39.4 Å². The van der Waals surface area contributed by atoms with Gasteiger partial charge in [-0.05, 0) is 30.3 Å². The van der Waals surface area contributed by atoms with Crippen molar-refractivity contribution in [2.75, 3.05) is 26.2 Å². The zero-order valence-corrected chi connectivity index (χ0v) is 16.8. The van der Waals surface area contributed by atoms with Crippen LogP contribution in [0.4, 0.5) is 0 Å². The van der Waals surface area contributed by atoms with E-state index < -0.39 is 0 Å². The monoisotopic (exact) mass is 419 g/mol. The van der Waals surface area contributed by atoms with Crippen LogP contribution in [0.25, 0.3) is 17.1 Å². The summed E-state index contributed by atoms with van der Waals surface area (Å²) < 4.78 is 7.00. The fourth-order valence-electron chi connectivity index (χ4n) is 3.47. The first-order valence-electron chi connectivity index (χ1n) is 9.33. The van der Waals surface area contributed by atoms with Crippen LogP contribution in [-0.4, -0.2) is 41.9 Å². The van der Waals surface area contributed by atoms with Crippen molar-refractivity contribution in [3.8, 4) is 17.1 Å². The Hall–Kier alpha value is -2.28. The maximum Gasteiger partial charge on any atom is 0.270 e. The van der Waals surface area contributed by atoms with Crippen LogP contribution in [0.5, 0.6) is 0 Å². The number of likely N-dealkylation sites (tertiary alicyclic amines) is 1. The van der Waals surface area contributed by atoms with E-state index >= 15 is 0 Å². The molecule has 4 rings (SSSR count). The number of hydrogen-bond donors (Lipinski definition) is 2. The van der Waals surface area contributed by atoms with Gasteiger partial charge in [0.15, 0.2) is 5.76 Å².